The summed E-state index contributed by atoms with van der Waals surface area (Å²) in [6.07, 6.45) is 6.80. The van der Waals surface area contributed by atoms with Gasteiger partial charge in [-0.05, 0) is 0 Å². The molecular weight excluding hydrogens is 268 g/mol. The van der Waals surface area contributed by atoms with E-state index >= 15 is 0 Å². The molecular formula is C14H18N6O. The Morgan fingerprint density at radius 1 is 1.10 bits per heavy atom. The molecule has 110 valence electrons. The second-order valence-corrected chi connectivity index (χ2v) is 4.88. The van der Waals surface area contributed by atoms with Gasteiger partial charge in [-0.1, -0.05) is 0 Å². The van der Waals surface area contributed by atoms with Crippen LogP contribution in [0.4, 0.5) is 5.82 Å². The predicted octanol–water partition coefficient (Wildman–Crippen LogP) is 0.597. The van der Waals surface area contributed by atoms with Crippen LogP contribution >= 0.6 is 0 Å². The second-order valence-electron chi connectivity index (χ2n) is 4.88. The number of rotatable bonds is 4. The van der Waals surface area contributed by atoms with Crippen LogP contribution in [-0.4, -0.2) is 58.1 Å². The van der Waals surface area contributed by atoms with Crippen molar-refractivity contribution in [3.63, 3.8) is 0 Å². The van der Waals surface area contributed by atoms with E-state index in [9.17, 15) is 0 Å². The third-order valence-corrected chi connectivity index (χ3v) is 3.54. The summed E-state index contributed by atoms with van der Waals surface area (Å²) >= 11 is 0. The molecule has 1 aliphatic rings. The van der Waals surface area contributed by atoms with Crippen LogP contribution in [0.25, 0.3) is 0 Å². The molecule has 0 amide bonds. The molecule has 3 rings (SSSR count). The van der Waals surface area contributed by atoms with Crippen molar-refractivity contribution < 1.29 is 4.74 Å². The Kier molecular flexibility index (Phi) is 4.20. The topological polar surface area (TPSA) is 67.3 Å². The summed E-state index contributed by atoms with van der Waals surface area (Å²) in [7, 11) is 1.62. The standard InChI is InChI=1S/C14H18N6O/c1-21-14-8-13(17-11-18-14)20-6-4-19(5-7-20)10-12-9-15-2-3-16-12/h2-3,8-9,11H,4-7,10H2,1H3. The minimum Gasteiger partial charge on any atom is -0.481 e. The minimum absolute atomic E-state index is 0.599. The Morgan fingerprint density at radius 2 is 1.95 bits per heavy atom. The number of aromatic nitrogens is 4. The van der Waals surface area contributed by atoms with E-state index in [0.717, 1.165) is 44.2 Å². The summed E-state index contributed by atoms with van der Waals surface area (Å²) in [5.41, 5.74) is 1.01. The van der Waals surface area contributed by atoms with Gasteiger partial charge < -0.3 is 9.64 Å². The molecule has 0 saturated carbocycles. The van der Waals surface area contributed by atoms with Crippen LogP contribution in [0.3, 0.4) is 0 Å². The summed E-state index contributed by atoms with van der Waals surface area (Å²) in [6, 6.07) is 1.87. The number of methoxy groups -OCH3 is 1. The van der Waals surface area contributed by atoms with Crippen molar-refractivity contribution in [2.24, 2.45) is 0 Å². The first kappa shape index (κ1) is 13.7. The SMILES string of the molecule is COc1cc(N2CCN(Cc3cnccn3)CC2)ncn1. The number of piperazine rings is 1. The highest BCUT2D eigenvalue weighted by atomic mass is 16.5. The van der Waals surface area contributed by atoms with Crippen molar-refractivity contribution in [2.45, 2.75) is 6.54 Å². The van der Waals surface area contributed by atoms with Crippen LogP contribution in [0.5, 0.6) is 5.88 Å². The lowest BCUT2D eigenvalue weighted by atomic mass is 10.3. The average molecular weight is 286 g/mol. The van der Waals surface area contributed by atoms with Crippen LogP contribution in [0.15, 0.2) is 31.0 Å². The van der Waals surface area contributed by atoms with E-state index in [1.54, 1.807) is 25.8 Å². The van der Waals surface area contributed by atoms with Gasteiger partial charge in [0.1, 0.15) is 12.1 Å². The second kappa shape index (κ2) is 6.45. The number of hydrogen-bond acceptors (Lipinski definition) is 7. The molecule has 0 aromatic carbocycles. The van der Waals surface area contributed by atoms with Gasteiger partial charge >= 0.3 is 0 Å². The van der Waals surface area contributed by atoms with E-state index in [2.05, 4.69) is 29.7 Å². The van der Waals surface area contributed by atoms with Crippen molar-refractivity contribution in [1.29, 1.82) is 0 Å². The fourth-order valence-corrected chi connectivity index (χ4v) is 2.39. The van der Waals surface area contributed by atoms with Gasteiger partial charge in [0.15, 0.2) is 0 Å². The van der Waals surface area contributed by atoms with Crippen LogP contribution in [-0.2, 0) is 6.54 Å². The van der Waals surface area contributed by atoms with Crippen LogP contribution in [0, 0.1) is 0 Å². The highest BCUT2D eigenvalue weighted by molar-refractivity contribution is 5.41. The molecule has 1 saturated heterocycles. The molecule has 0 N–H and O–H groups in total. The highest BCUT2D eigenvalue weighted by Gasteiger charge is 2.19. The first-order valence-corrected chi connectivity index (χ1v) is 6.93. The lowest BCUT2D eigenvalue weighted by Crippen LogP contribution is -2.46. The summed E-state index contributed by atoms with van der Waals surface area (Å²) in [4.78, 5) is 21.4. The molecule has 0 spiro atoms. The first-order valence-electron chi connectivity index (χ1n) is 6.93. The minimum atomic E-state index is 0.599. The van der Waals surface area contributed by atoms with E-state index in [0.29, 0.717) is 5.88 Å². The van der Waals surface area contributed by atoms with Gasteiger partial charge in [0, 0.05) is 57.4 Å². The third kappa shape index (κ3) is 3.43. The lowest BCUT2D eigenvalue weighted by molar-refractivity contribution is 0.246. The van der Waals surface area contributed by atoms with E-state index in [-0.39, 0.29) is 0 Å². The smallest absolute Gasteiger partial charge is 0.218 e. The van der Waals surface area contributed by atoms with Crippen molar-refractivity contribution >= 4 is 5.82 Å². The number of hydrogen-bond donors (Lipinski definition) is 0. The lowest BCUT2D eigenvalue weighted by Gasteiger charge is -2.35. The Labute approximate surface area is 123 Å². The van der Waals surface area contributed by atoms with Gasteiger partial charge in [-0.25, -0.2) is 9.97 Å². The van der Waals surface area contributed by atoms with Crippen LogP contribution < -0.4 is 9.64 Å². The largest absolute Gasteiger partial charge is 0.481 e. The number of ether oxygens (including phenoxy) is 1. The van der Waals surface area contributed by atoms with Crippen LogP contribution in [0.2, 0.25) is 0 Å². The van der Waals surface area contributed by atoms with Gasteiger partial charge in [-0.3, -0.25) is 14.9 Å². The zero-order chi connectivity index (χ0) is 14.5. The maximum atomic E-state index is 5.14. The fraction of sp³-hybridized carbons (Fsp3) is 0.429. The predicted molar refractivity (Wildman–Crippen MR) is 78.1 cm³/mol. The Hall–Kier alpha value is -2.28. The third-order valence-electron chi connectivity index (χ3n) is 3.54. The van der Waals surface area contributed by atoms with E-state index in [1.807, 2.05) is 12.3 Å². The zero-order valence-electron chi connectivity index (χ0n) is 12.0. The fourth-order valence-electron chi connectivity index (χ4n) is 2.39. The molecule has 2 aromatic rings. The molecule has 1 aliphatic heterocycles. The highest BCUT2D eigenvalue weighted by Crippen LogP contribution is 2.17. The van der Waals surface area contributed by atoms with E-state index in [4.69, 9.17) is 4.74 Å². The van der Waals surface area contributed by atoms with E-state index < -0.39 is 0 Å². The Morgan fingerprint density at radius 3 is 2.67 bits per heavy atom. The maximum Gasteiger partial charge on any atom is 0.218 e. The quantitative estimate of drug-likeness (QED) is 0.815. The summed E-state index contributed by atoms with van der Waals surface area (Å²) in [6.45, 7) is 4.65. The van der Waals surface area contributed by atoms with Gasteiger partial charge in [-0.2, -0.15) is 0 Å². The molecule has 2 aromatic heterocycles. The molecule has 21 heavy (non-hydrogen) atoms. The van der Waals surface area contributed by atoms with Gasteiger partial charge in [0.25, 0.3) is 0 Å². The van der Waals surface area contributed by atoms with Crippen LogP contribution in [0.1, 0.15) is 5.69 Å². The summed E-state index contributed by atoms with van der Waals surface area (Å²) in [5.74, 6) is 1.52. The summed E-state index contributed by atoms with van der Waals surface area (Å²) < 4.78 is 5.14. The molecule has 1 fully saturated rings. The van der Waals surface area contributed by atoms with Crippen molar-refractivity contribution in [1.82, 2.24) is 24.8 Å². The molecule has 3 heterocycles. The molecule has 0 radical (unpaired) electrons. The summed E-state index contributed by atoms with van der Waals surface area (Å²) in [5, 5.41) is 0. The van der Waals surface area contributed by atoms with Crippen molar-refractivity contribution in [2.75, 3.05) is 38.2 Å². The normalized spacial score (nSPS) is 16.0. The number of anilines is 1. The van der Waals surface area contributed by atoms with E-state index in [1.165, 1.54) is 0 Å². The molecule has 7 heteroatoms. The van der Waals surface area contributed by atoms with Crippen molar-refractivity contribution in [3.8, 4) is 5.88 Å². The first-order chi connectivity index (χ1) is 10.3. The molecule has 7 nitrogen and oxygen atoms in total. The molecule has 0 atom stereocenters. The van der Waals surface area contributed by atoms with Gasteiger partial charge in [0.2, 0.25) is 5.88 Å². The van der Waals surface area contributed by atoms with Gasteiger partial charge in [-0.15, -0.1) is 0 Å². The maximum absolute atomic E-state index is 5.14. The Bertz CT molecular complexity index is 571. The Balaban J connectivity index is 1.57. The van der Waals surface area contributed by atoms with Gasteiger partial charge in [0.05, 0.1) is 12.8 Å². The molecule has 0 bridgehead atoms. The molecule has 0 aliphatic carbocycles. The molecule has 0 unspecified atom stereocenters. The average Bonchev–Trinajstić information content (AvgIpc) is 2.56. The number of nitrogens with zero attached hydrogens (tertiary/aromatic N) is 6. The zero-order valence-corrected chi connectivity index (χ0v) is 12.0. The monoisotopic (exact) mass is 286 g/mol. The van der Waals surface area contributed by atoms with Crippen molar-refractivity contribution in [3.05, 3.63) is 36.7 Å².